The van der Waals surface area contributed by atoms with Crippen molar-refractivity contribution in [1.82, 2.24) is 25.8 Å². The number of nitrogens with zero attached hydrogens (tertiary/aromatic N) is 2. The number of nitrogens with one attached hydrogen (secondary N) is 3. The van der Waals surface area contributed by atoms with Crippen molar-refractivity contribution in [3.8, 4) is 16.9 Å². The lowest BCUT2D eigenvalue weighted by atomic mass is 9.95. The van der Waals surface area contributed by atoms with Crippen LogP contribution in [0.15, 0.2) is 48.5 Å². The van der Waals surface area contributed by atoms with Gasteiger partial charge in [0.25, 0.3) is 0 Å². The molecule has 0 saturated carbocycles. The van der Waals surface area contributed by atoms with Crippen LogP contribution in [0.3, 0.4) is 0 Å². The summed E-state index contributed by atoms with van der Waals surface area (Å²) in [5.74, 6) is 2.09. The number of rotatable bonds is 4. The lowest BCUT2D eigenvalue weighted by molar-refractivity contribution is 0.223. The van der Waals surface area contributed by atoms with Gasteiger partial charge in [-0.2, -0.15) is 5.10 Å². The Bertz CT molecular complexity index is 939. The first-order valence-corrected chi connectivity index (χ1v) is 8.93. The van der Waals surface area contributed by atoms with E-state index in [1.807, 2.05) is 37.3 Å². The molecule has 0 aliphatic carbocycles. The second-order valence-corrected chi connectivity index (χ2v) is 6.47. The summed E-state index contributed by atoms with van der Waals surface area (Å²) in [6, 6.07) is 15.9. The topological polar surface area (TPSA) is 91.9 Å². The first-order valence-electron chi connectivity index (χ1n) is 8.93. The number of hydrogen-bond donors (Lipinski definition) is 3. The van der Waals surface area contributed by atoms with Gasteiger partial charge in [-0.05, 0) is 30.2 Å². The Morgan fingerprint density at radius 2 is 2.07 bits per heavy atom. The molecule has 0 spiro atoms. The number of aryl methyl sites for hydroxylation is 1. The highest BCUT2D eigenvalue weighted by molar-refractivity contribution is 5.75. The van der Waals surface area contributed by atoms with Gasteiger partial charge in [0.2, 0.25) is 0 Å². The number of aromatic nitrogens is 3. The standard InChI is InChI=1S/C20H21N5O2/c1-13-22-19(25-24-13)12-21-20(26)23-17-9-10-27-18-8-7-15(11-16(17)18)14-5-3-2-4-6-14/h2-8,11,17H,9-10,12H2,1H3,(H2,21,23,26)(H,22,24,25). The molecule has 1 atom stereocenters. The van der Waals surface area contributed by atoms with Crippen LogP contribution < -0.4 is 15.4 Å². The predicted octanol–water partition coefficient (Wildman–Crippen LogP) is 3.10. The van der Waals surface area contributed by atoms with Gasteiger partial charge in [0.15, 0.2) is 5.82 Å². The van der Waals surface area contributed by atoms with Crippen LogP contribution in [-0.4, -0.2) is 27.8 Å². The van der Waals surface area contributed by atoms with E-state index < -0.39 is 0 Å². The van der Waals surface area contributed by atoms with Crippen LogP contribution in [0.2, 0.25) is 0 Å². The summed E-state index contributed by atoms with van der Waals surface area (Å²) in [5, 5.41) is 12.6. The van der Waals surface area contributed by atoms with Crippen LogP contribution in [0.1, 0.15) is 29.7 Å². The monoisotopic (exact) mass is 363 g/mol. The summed E-state index contributed by atoms with van der Waals surface area (Å²) in [5.41, 5.74) is 3.23. The first kappa shape index (κ1) is 17.1. The molecule has 1 aliphatic heterocycles. The van der Waals surface area contributed by atoms with Gasteiger partial charge in [0, 0.05) is 12.0 Å². The smallest absolute Gasteiger partial charge is 0.315 e. The SMILES string of the molecule is Cc1nc(CNC(=O)NC2CCOc3ccc(-c4ccccc4)cc32)n[nH]1. The van der Waals surface area contributed by atoms with E-state index in [9.17, 15) is 4.79 Å². The minimum Gasteiger partial charge on any atom is -0.493 e. The van der Waals surface area contributed by atoms with Crippen molar-refractivity contribution in [3.63, 3.8) is 0 Å². The number of ether oxygens (including phenoxy) is 1. The number of carbonyl (C=O) groups excluding carboxylic acids is 1. The van der Waals surface area contributed by atoms with Gasteiger partial charge in [-0.3, -0.25) is 5.10 Å². The Kier molecular flexibility index (Phi) is 4.74. The number of aromatic amines is 1. The third-order valence-corrected chi connectivity index (χ3v) is 4.51. The molecule has 0 radical (unpaired) electrons. The largest absolute Gasteiger partial charge is 0.493 e. The summed E-state index contributed by atoms with van der Waals surface area (Å²) in [7, 11) is 0. The molecule has 4 rings (SSSR count). The van der Waals surface area contributed by atoms with Crippen molar-refractivity contribution in [3.05, 3.63) is 65.7 Å². The van der Waals surface area contributed by atoms with Gasteiger partial charge >= 0.3 is 6.03 Å². The van der Waals surface area contributed by atoms with Crippen molar-refractivity contribution in [2.24, 2.45) is 0 Å². The van der Waals surface area contributed by atoms with Gasteiger partial charge in [0.1, 0.15) is 11.6 Å². The molecule has 1 aromatic heterocycles. The lowest BCUT2D eigenvalue weighted by Gasteiger charge is -2.27. The Morgan fingerprint density at radius 3 is 2.85 bits per heavy atom. The van der Waals surface area contributed by atoms with Gasteiger partial charge in [0.05, 0.1) is 19.2 Å². The van der Waals surface area contributed by atoms with Crippen molar-refractivity contribution in [2.45, 2.75) is 25.9 Å². The third-order valence-electron chi connectivity index (χ3n) is 4.51. The van der Waals surface area contributed by atoms with Crippen molar-refractivity contribution < 1.29 is 9.53 Å². The summed E-state index contributed by atoms with van der Waals surface area (Å²) in [4.78, 5) is 16.5. The number of carbonyl (C=O) groups is 1. The Morgan fingerprint density at radius 1 is 1.22 bits per heavy atom. The van der Waals surface area contributed by atoms with Gasteiger partial charge in [-0.15, -0.1) is 0 Å². The molecule has 0 saturated heterocycles. The number of benzene rings is 2. The van der Waals surface area contributed by atoms with Gasteiger partial charge in [-0.25, -0.2) is 9.78 Å². The fourth-order valence-corrected chi connectivity index (χ4v) is 3.19. The van der Waals surface area contributed by atoms with Crippen molar-refractivity contribution >= 4 is 6.03 Å². The fourth-order valence-electron chi connectivity index (χ4n) is 3.19. The molecule has 3 N–H and O–H groups in total. The molecule has 138 valence electrons. The van der Waals surface area contributed by atoms with Crippen molar-refractivity contribution in [2.75, 3.05) is 6.61 Å². The Hall–Kier alpha value is -3.35. The van der Waals surface area contributed by atoms with Crippen molar-refractivity contribution in [1.29, 1.82) is 0 Å². The number of urea groups is 1. The number of H-pyrrole nitrogens is 1. The molecule has 7 nitrogen and oxygen atoms in total. The second-order valence-electron chi connectivity index (χ2n) is 6.47. The number of hydrogen-bond acceptors (Lipinski definition) is 4. The fraction of sp³-hybridized carbons (Fsp3) is 0.250. The summed E-state index contributed by atoms with van der Waals surface area (Å²) >= 11 is 0. The number of amides is 2. The molecule has 0 bridgehead atoms. The highest BCUT2D eigenvalue weighted by Crippen LogP contribution is 2.35. The van der Waals surface area contributed by atoms with E-state index in [-0.39, 0.29) is 18.6 Å². The average molecular weight is 363 g/mol. The minimum absolute atomic E-state index is 0.105. The molecule has 7 heteroatoms. The van der Waals surface area contributed by atoms with Crippen LogP contribution in [0.25, 0.3) is 11.1 Å². The molecule has 2 amide bonds. The quantitative estimate of drug-likeness (QED) is 0.664. The van der Waals surface area contributed by atoms with E-state index >= 15 is 0 Å². The van der Waals surface area contributed by atoms with Crippen LogP contribution >= 0.6 is 0 Å². The third kappa shape index (κ3) is 3.92. The van der Waals surface area contributed by atoms with E-state index in [2.05, 4.69) is 44.0 Å². The highest BCUT2D eigenvalue weighted by Gasteiger charge is 2.23. The second kappa shape index (κ2) is 7.49. The molecular weight excluding hydrogens is 342 g/mol. The molecule has 2 heterocycles. The van der Waals surface area contributed by atoms with Crippen LogP contribution in [0, 0.1) is 6.92 Å². The first-order chi connectivity index (χ1) is 13.2. The molecule has 3 aromatic rings. The van der Waals surface area contributed by atoms with Crippen LogP contribution in [0.5, 0.6) is 5.75 Å². The number of fused-ring (bicyclic) bond motifs is 1. The summed E-state index contributed by atoms with van der Waals surface area (Å²) in [6.07, 6.45) is 0.721. The molecular formula is C20H21N5O2. The van der Waals surface area contributed by atoms with Crippen LogP contribution in [0.4, 0.5) is 4.79 Å². The molecule has 1 aliphatic rings. The van der Waals surface area contributed by atoms with E-state index in [0.29, 0.717) is 12.4 Å². The average Bonchev–Trinajstić information content (AvgIpc) is 3.12. The molecule has 1 unspecified atom stereocenters. The maximum absolute atomic E-state index is 12.3. The normalized spacial score (nSPS) is 15.5. The van der Waals surface area contributed by atoms with Gasteiger partial charge < -0.3 is 15.4 Å². The van der Waals surface area contributed by atoms with E-state index in [4.69, 9.17) is 4.74 Å². The minimum atomic E-state index is -0.250. The zero-order valence-corrected chi connectivity index (χ0v) is 15.0. The Balaban J connectivity index is 1.47. The van der Waals surface area contributed by atoms with E-state index in [1.165, 1.54) is 0 Å². The van der Waals surface area contributed by atoms with E-state index in [1.54, 1.807) is 0 Å². The zero-order valence-electron chi connectivity index (χ0n) is 15.0. The zero-order chi connectivity index (χ0) is 18.6. The highest BCUT2D eigenvalue weighted by atomic mass is 16.5. The van der Waals surface area contributed by atoms with Crippen LogP contribution in [-0.2, 0) is 6.54 Å². The Labute approximate surface area is 157 Å². The lowest BCUT2D eigenvalue weighted by Crippen LogP contribution is -2.39. The maximum atomic E-state index is 12.3. The summed E-state index contributed by atoms with van der Waals surface area (Å²) in [6.45, 7) is 2.67. The van der Waals surface area contributed by atoms with E-state index in [0.717, 1.165) is 34.7 Å². The molecule has 27 heavy (non-hydrogen) atoms. The summed E-state index contributed by atoms with van der Waals surface area (Å²) < 4.78 is 5.76. The predicted molar refractivity (Wildman–Crippen MR) is 101 cm³/mol. The van der Waals surface area contributed by atoms with Gasteiger partial charge in [-0.1, -0.05) is 36.4 Å². The molecule has 0 fully saturated rings. The maximum Gasteiger partial charge on any atom is 0.315 e. The molecule has 2 aromatic carbocycles.